The maximum atomic E-state index is 6.25. The quantitative estimate of drug-likeness (QED) is 0.918. The SMILES string of the molecule is Cc1nnsc1C(N)c1cccc(OC2CC2)c1. The molecule has 0 saturated heterocycles. The topological polar surface area (TPSA) is 61.0 Å². The van der Waals surface area contributed by atoms with E-state index in [1.54, 1.807) is 0 Å². The van der Waals surface area contributed by atoms with Gasteiger partial charge in [0.15, 0.2) is 0 Å². The van der Waals surface area contributed by atoms with E-state index < -0.39 is 0 Å². The second-order valence-electron chi connectivity index (χ2n) is 4.59. The van der Waals surface area contributed by atoms with Gasteiger partial charge in [-0.2, -0.15) is 0 Å². The fourth-order valence-corrected chi connectivity index (χ4v) is 2.51. The summed E-state index contributed by atoms with van der Waals surface area (Å²) in [6.07, 6.45) is 2.73. The van der Waals surface area contributed by atoms with Crippen molar-refractivity contribution in [3.63, 3.8) is 0 Å². The van der Waals surface area contributed by atoms with Gasteiger partial charge in [0.1, 0.15) is 5.75 Å². The van der Waals surface area contributed by atoms with Crippen molar-refractivity contribution >= 4 is 11.5 Å². The highest BCUT2D eigenvalue weighted by Crippen LogP contribution is 2.30. The van der Waals surface area contributed by atoms with Crippen LogP contribution in [0.1, 0.15) is 35.0 Å². The van der Waals surface area contributed by atoms with Crippen LogP contribution in [0.3, 0.4) is 0 Å². The molecular formula is C13H15N3OS. The lowest BCUT2D eigenvalue weighted by atomic mass is 10.1. The molecular weight excluding hydrogens is 246 g/mol. The van der Waals surface area contributed by atoms with Crippen LogP contribution in [0.15, 0.2) is 24.3 Å². The smallest absolute Gasteiger partial charge is 0.120 e. The van der Waals surface area contributed by atoms with Crippen LogP contribution in [-0.2, 0) is 0 Å². The number of hydrogen-bond donors (Lipinski definition) is 1. The molecule has 1 aromatic carbocycles. The van der Waals surface area contributed by atoms with E-state index in [0.717, 1.165) is 34.7 Å². The predicted octanol–water partition coefficient (Wildman–Crippen LogP) is 2.44. The van der Waals surface area contributed by atoms with Crippen LogP contribution in [-0.4, -0.2) is 15.7 Å². The van der Waals surface area contributed by atoms with E-state index >= 15 is 0 Å². The predicted molar refractivity (Wildman–Crippen MR) is 70.8 cm³/mol. The Morgan fingerprint density at radius 2 is 2.28 bits per heavy atom. The molecule has 3 rings (SSSR count). The Balaban J connectivity index is 1.84. The Bertz CT molecular complexity index is 551. The summed E-state index contributed by atoms with van der Waals surface area (Å²) in [6.45, 7) is 1.93. The van der Waals surface area contributed by atoms with Crippen molar-refractivity contribution in [2.45, 2.75) is 31.9 Å². The summed E-state index contributed by atoms with van der Waals surface area (Å²) in [5.74, 6) is 0.903. The van der Waals surface area contributed by atoms with Crippen LogP contribution in [0.5, 0.6) is 5.75 Å². The van der Waals surface area contributed by atoms with Crippen LogP contribution < -0.4 is 10.5 Å². The van der Waals surface area contributed by atoms with E-state index in [9.17, 15) is 0 Å². The fourth-order valence-electron chi connectivity index (χ4n) is 1.83. The van der Waals surface area contributed by atoms with Crippen LogP contribution in [0, 0.1) is 6.92 Å². The summed E-state index contributed by atoms with van der Waals surface area (Å²) in [6, 6.07) is 7.82. The molecule has 1 aliphatic carbocycles. The monoisotopic (exact) mass is 261 g/mol. The zero-order chi connectivity index (χ0) is 12.5. The van der Waals surface area contributed by atoms with Crippen molar-refractivity contribution < 1.29 is 4.74 Å². The average molecular weight is 261 g/mol. The zero-order valence-corrected chi connectivity index (χ0v) is 11.0. The molecule has 18 heavy (non-hydrogen) atoms. The molecule has 0 radical (unpaired) electrons. The number of ether oxygens (including phenoxy) is 1. The van der Waals surface area contributed by atoms with Gasteiger partial charge < -0.3 is 10.5 Å². The van der Waals surface area contributed by atoms with Gasteiger partial charge in [0.05, 0.1) is 22.7 Å². The standard InChI is InChI=1S/C13H15N3OS/c1-8-13(18-16-15-8)12(14)9-3-2-4-11(7-9)17-10-5-6-10/h2-4,7,10,12H,5-6,14H2,1H3. The van der Waals surface area contributed by atoms with Crippen LogP contribution in [0.25, 0.3) is 0 Å². The number of nitrogens with two attached hydrogens (primary N) is 1. The first-order valence-corrected chi connectivity index (χ1v) is 6.82. The molecule has 1 aliphatic rings. The number of rotatable bonds is 4. The summed E-state index contributed by atoms with van der Waals surface area (Å²) >= 11 is 1.36. The van der Waals surface area contributed by atoms with E-state index in [2.05, 4.69) is 9.59 Å². The molecule has 2 N–H and O–H groups in total. The third-order valence-electron chi connectivity index (χ3n) is 3.01. The van der Waals surface area contributed by atoms with Crippen molar-refractivity contribution in [1.29, 1.82) is 0 Å². The highest BCUT2D eigenvalue weighted by atomic mass is 32.1. The first-order valence-electron chi connectivity index (χ1n) is 6.05. The summed E-state index contributed by atoms with van der Waals surface area (Å²) in [5.41, 5.74) is 8.20. The molecule has 4 nitrogen and oxygen atoms in total. The molecule has 1 saturated carbocycles. The van der Waals surface area contributed by atoms with E-state index in [1.165, 1.54) is 11.5 Å². The second-order valence-corrected chi connectivity index (χ2v) is 5.38. The Kier molecular flexibility index (Phi) is 3.01. The van der Waals surface area contributed by atoms with Gasteiger partial charge in [-0.15, -0.1) is 5.10 Å². The van der Waals surface area contributed by atoms with Crippen LogP contribution >= 0.6 is 11.5 Å². The Hall–Kier alpha value is -1.46. The third kappa shape index (κ3) is 2.37. The van der Waals surface area contributed by atoms with Gasteiger partial charge in [0, 0.05) is 0 Å². The average Bonchev–Trinajstić information content (AvgIpc) is 3.08. The largest absolute Gasteiger partial charge is 0.490 e. The minimum absolute atomic E-state index is 0.173. The van der Waals surface area contributed by atoms with E-state index in [0.29, 0.717) is 6.10 Å². The minimum atomic E-state index is -0.173. The van der Waals surface area contributed by atoms with Crippen LogP contribution in [0.2, 0.25) is 0 Å². The summed E-state index contributed by atoms with van der Waals surface area (Å²) < 4.78 is 9.71. The first kappa shape index (κ1) is 11.6. The zero-order valence-electron chi connectivity index (χ0n) is 10.2. The Labute approximate surface area is 110 Å². The number of hydrogen-bond acceptors (Lipinski definition) is 5. The van der Waals surface area contributed by atoms with Gasteiger partial charge in [-0.25, -0.2) is 0 Å². The van der Waals surface area contributed by atoms with Gasteiger partial charge in [-0.05, 0) is 49.0 Å². The Morgan fingerprint density at radius 3 is 2.94 bits per heavy atom. The van der Waals surface area contributed by atoms with Crippen molar-refractivity contribution in [2.75, 3.05) is 0 Å². The lowest BCUT2D eigenvalue weighted by Crippen LogP contribution is -2.11. The third-order valence-corrected chi connectivity index (χ3v) is 3.92. The molecule has 0 spiro atoms. The van der Waals surface area contributed by atoms with Gasteiger partial charge in [0.2, 0.25) is 0 Å². The lowest BCUT2D eigenvalue weighted by molar-refractivity contribution is 0.303. The molecule has 1 heterocycles. The Morgan fingerprint density at radius 1 is 1.44 bits per heavy atom. The summed E-state index contributed by atoms with van der Waals surface area (Å²) in [5, 5.41) is 4.00. The molecule has 1 fully saturated rings. The lowest BCUT2D eigenvalue weighted by Gasteiger charge is -2.12. The first-order chi connectivity index (χ1) is 8.74. The number of aromatic nitrogens is 2. The highest BCUT2D eigenvalue weighted by molar-refractivity contribution is 7.05. The van der Waals surface area contributed by atoms with E-state index in [4.69, 9.17) is 10.5 Å². The molecule has 1 atom stereocenters. The number of aryl methyl sites for hydroxylation is 1. The van der Waals surface area contributed by atoms with Gasteiger partial charge in [-0.3, -0.25) is 0 Å². The highest BCUT2D eigenvalue weighted by Gasteiger charge is 2.24. The maximum absolute atomic E-state index is 6.25. The second kappa shape index (κ2) is 4.66. The molecule has 0 amide bonds. The van der Waals surface area contributed by atoms with Gasteiger partial charge in [0.25, 0.3) is 0 Å². The minimum Gasteiger partial charge on any atom is -0.490 e. The molecule has 0 bridgehead atoms. The number of nitrogens with zero attached hydrogens (tertiary/aromatic N) is 2. The molecule has 5 heteroatoms. The van der Waals surface area contributed by atoms with Crippen molar-refractivity contribution in [3.8, 4) is 5.75 Å². The molecule has 1 unspecified atom stereocenters. The fraction of sp³-hybridized carbons (Fsp3) is 0.385. The molecule has 0 aliphatic heterocycles. The van der Waals surface area contributed by atoms with Crippen molar-refractivity contribution in [1.82, 2.24) is 9.59 Å². The van der Waals surface area contributed by atoms with Crippen LogP contribution in [0.4, 0.5) is 0 Å². The van der Waals surface area contributed by atoms with Gasteiger partial charge in [-0.1, -0.05) is 16.6 Å². The molecule has 94 valence electrons. The number of benzene rings is 1. The van der Waals surface area contributed by atoms with Gasteiger partial charge >= 0.3 is 0 Å². The van der Waals surface area contributed by atoms with Crippen molar-refractivity contribution in [3.05, 3.63) is 40.4 Å². The molecule has 1 aromatic heterocycles. The summed E-state index contributed by atoms with van der Waals surface area (Å²) in [4.78, 5) is 1.01. The van der Waals surface area contributed by atoms with E-state index in [1.807, 2.05) is 31.2 Å². The van der Waals surface area contributed by atoms with E-state index in [-0.39, 0.29) is 6.04 Å². The molecule has 2 aromatic rings. The summed E-state index contributed by atoms with van der Waals surface area (Å²) in [7, 11) is 0. The van der Waals surface area contributed by atoms with Crippen molar-refractivity contribution in [2.24, 2.45) is 5.73 Å². The normalized spacial score (nSPS) is 16.6. The maximum Gasteiger partial charge on any atom is 0.120 e.